The summed E-state index contributed by atoms with van der Waals surface area (Å²) in [5, 5.41) is 2.14. The summed E-state index contributed by atoms with van der Waals surface area (Å²) in [6.07, 6.45) is 2.80. The third-order valence-corrected chi connectivity index (χ3v) is 4.30. The number of Topliss-reactive ketones (excluding diaryl/α,β-unsaturated/α-hetero) is 1. The summed E-state index contributed by atoms with van der Waals surface area (Å²) in [5.41, 5.74) is 2.09. The molecule has 0 atom stereocenters. The number of ketones is 1. The molecule has 0 unspecified atom stereocenters. The Labute approximate surface area is 110 Å². The van der Waals surface area contributed by atoms with Gasteiger partial charge in [-0.1, -0.05) is 0 Å². The summed E-state index contributed by atoms with van der Waals surface area (Å²) in [7, 11) is 0. The molecule has 3 rings (SSSR count). The molecule has 1 aliphatic heterocycles. The maximum absolute atomic E-state index is 11.6. The highest BCUT2D eigenvalue weighted by Gasteiger charge is 2.21. The van der Waals surface area contributed by atoms with Gasteiger partial charge in [-0.05, 0) is 42.5 Å². The topological polar surface area (TPSA) is 33.2 Å². The molecule has 0 spiro atoms. The Morgan fingerprint density at radius 3 is 3.17 bits per heavy atom. The molecule has 0 saturated heterocycles. The van der Waals surface area contributed by atoms with Crippen LogP contribution >= 0.6 is 11.3 Å². The van der Waals surface area contributed by atoms with Crippen LogP contribution in [-0.4, -0.2) is 17.3 Å². The molecule has 0 aliphatic carbocycles. The van der Waals surface area contributed by atoms with Crippen LogP contribution in [-0.2, 0) is 13.0 Å². The van der Waals surface area contributed by atoms with Crippen molar-refractivity contribution in [1.82, 2.24) is 4.98 Å². The third-order valence-electron chi connectivity index (χ3n) is 3.27. The first-order chi connectivity index (χ1) is 8.75. The summed E-state index contributed by atoms with van der Waals surface area (Å²) in [5.74, 6) is 0.899. The van der Waals surface area contributed by atoms with E-state index in [0.29, 0.717) is 0 Å². The number of hydrogen-bond donors (Lipinski definition) is 0. The molecular weight excluding hydrogens is 244 g/mol. The first kappa shape index (κ1) is 11.4. The fourth-order valence-electron chi connectivity index (χ4n) is 2.35. The number of carbonyl (C=O) groups excluding carboxylic acids is 1. The molecule has 1 aliphatic rings. The lowest BCUT2D eigenvalue weighted by atomic mass is 10.1. The Hall–Kier alpha value is -1.68. The fraction of sp³-hybridized carbons (Fsp3) is 0.286. The summed E-state index contributed by atoms with van der Waals surface area (Å²) in [6, 6.07) is 5.84. The minimum Gasteiger partial charge on any atom is -0.351 e. The molecule has 0 radical (unpaired) electrons. The predicted octanol–water partition coefficient (Wildman–Crippen LogP) is 2.91. The van der Waals surface area contributed by atoms with Crippen molar-refractivity contribution < 1.29 is 4.79 Å². The number of rotatable bonds is 2. The molecule has 3 heterocycles. The number of hydrogen-bond acceptors (Lipinski definition) is 4. The summed E-state index contributed by atoms with van der Waals surface area (Å²) in [4.78, 5) is 19.7. The number of carbonyl (C=O) groups is 1. The molecular formula is C14H14N2OS. The number of pyridine rings is 1. The molecule has 0 saturated carbocycles. The molecule has 0 amide bonds. The summed E-state index contributed by atoms with van der Waals surface area (Å²) >= 11 is 1.82. The van der Waals surface area contributed by atoms with Crippen molar-refractivity contribution >= 4 is 22.9 Å². The van der Waals surface area contributed by atoms with Crippen molar-refractivity contribution in [2.45, 2.75) is 19.9 Å². The van der Waals surface area contributed by atoms with E-state index in [1.807, 2.05) is 23.5 Å². The molecule has 0 aromatic carbocycles. The second-order valence-electron chi connectivity index (χ2n) is 4.47. The predicted molar refractivity (Wildman–Crippen MR) is 73.3 cm³/mol. The second kappa shape index (κ2) is 4.53. The zero-order valence-corrected chi connectivity index (χ0v) is 11.0. The van der Waals surface area contributed by atoms with Gasteiger partial charge < -0.3 is 4.90 Å². The summed E-state index contributed by atoms with van der Waals surface area (Å²) in [6.45, 7) is 3.39. The largest absolute Gasteiger partial charge is 0.351 e. The van der Waals surface area contributed by atoms with Gasteiger partial charge in [-0.25, -0.2) is 4.98 Å². The number of nitrogens with zero attached hydrogens (tertiary/aromatic N) is 2. The first-order valence-electron chi connectivity index (χ1n) is 6.02. The zero-order valence-electron chi connectivity index (χ0n) is 10.2. The van der Waals surface area contributed by atoms with Gasteiger partial charge in [0.05, 0.1) is 5.56 Å². The van der Waals surface area contributed by atoms with Crippen molar-refractivity contribution in [2.24, 2.45) is 0 Å². The lowest BCUT2D eigenvalue weighted by molar-refractivity contribution is 0.101. The van der Waals surface area contributed by atoms with Gasteiger partial charge >= 0.3 is 0 Å². The molecule has 92 valence electrons. The maximum atomic E-state index is 11.6. The van der Waals surface area contributed by atoms with Gasteiger partial charge in [0.25, 0.3) is 0 Å². The van der Waals surface area contributed by atoms with E-state index in [1.165, 1.54) is 10.4 Å². The van der Waals surface area contributed by atoms with Crippen LogP contribution in [0.2, 0.25) is 0 Å². The number of thiophene rings is 1. The van der Waals surface area contributed by atoms with E-state index in [0.717, 1.165) is 30.9 Å². The Balaban J connectivity index is 1.95. The van der Waals surface area contributed by atoms with E-state index in [4.69, 9.17) is 0 Å². The lowest BCUT2D eigenvalue weighted by Crippen LogP contribution is -2.31. The van der Waals surface area contributed by atoms with E-state index in [2.05, 4.69) is 21.3 Å². The van der Waals surface area contributed by atoms with Crippen LogP contribution in [0.4, 0.5) is 5.82 Å². The van der Waals surface area contributed by atoms with E-state index in [1.54, 1.807) is 13.1 Å². The highest BCUT2D eigenvalue weighted by atomic mass is 32.1. The van der Waals surface area contributed by atoms with Crippen LogP contribution in [0, 0.1) is 0 Å². The van der Waals surface area contributed by atoms with Gasteiger partial charge in [-0.3, -0.25) is 4.79 Å². The van der Waals surface area contributed by atoms with Gasteiger partial charge in [0, 0.05) is 24.2 Å². The van der Waals surface area contributed by atoms with Gasteiger partial charge in [0.15, 0.2) is 5.78 Å². The van der Waals surface area contributed by atoms with Crippen LogP contribution in [0.5, 0.6) is 0 Å². The quantitative estimate of drug-likeness (QED) is 0.777. The normalized spacial score (nSPS) is 14.4. The Kier molecular flexibility index (Phi) is 2.88. The smallest absolute Gasteiger partial charge is 0.163 e. The summed E-state index contributed by atoms with van der Waals surface area (Å²) < 4.78 is 0. The molecule has 18 heavy (non-hydrogen) atoms. The monoisotopic (exact) mass is 258 g/mol. The zero-order chi connectivity index (χ0) is 12.5. The van der Waals surface area contributed by atoms with Crippen LogP contribution in [0.3, 0.4) is 0 Å². The van der Waals surface area contributed by atoms with Crippen LogP contribution in [0.25, 0.3) is 0 Å². The molecule has 3 nitrogen and oxygen atoms in total. The highest BCUT2D eigenvalue weighted by molar-refractivity contribution is 7.10. The minimum atomic E-state index is 0.0780. The SMILES string of the molecule is CC(=O)c1cccnc1N1CCc2sccc2C1. The number of fused-ring (bicyclic) bond motifs is 1. The van der Waals surface area contributed by atoms with Crippen molar-refractivity contribution in [1.29, 1.82) is 0 Å². The number of aromatic nitrogens is 1. The van der Waals surface area contributed by atoms with Crippen molar-refractivity contribution in [2.75, 3.05) is 11.4 Å². The minimum absolute atomic E-state index is 0.0780. The Morgan fingerprint density at radius 2 is 2.33 bits per heavy atom. The van der Waals surface area contributed by atoms with Crippen molar-refractivity contribution in [3.63, 3.8) is 0 Å². The highest BCUT2D eigenvalue weighted by Crippen LogP contribution is 2.28. The van der Waals surface area contributed by atoms with Crippen LogP contribution < -0.4 is 4.90 Å². The molecule has 0 fully saturated rings. The van der Waals surface area contributed by atoms with Crippen LogP contribution in [0.15, 0.2) is 29.8 Å². The Morgan fingerprint density at radius 1 is 1.44 bits per heavy atom. The second-order valence-corrected chi connectivity index (χ2v) is 5.47. The standard InChI is InChI=1S/C14H14N2OS/c1-10(17)12-3-2-6-15-14(12)16-7-4-13-11(9-16)5-8-18-13/h2-3,5-6,8H,4,7,9H2,1H3. The Bertz CT molecular complexity index is 591. The average Bonchev–Trinajstić information content (AvgIpc) is 2.85. The number of anilines is 1. The van der Waals surface area contributed by atoms with Gasteiger partial charge in [0.1, 0.15) is 5.82 Å². The van der Waals surface area contributed by atoms with Crippen molar-refractivity contribution in [3.8, 4) is 0 Å². The third kappa shape index (κ3) is 1.93. The van der Waals surface area contributed by atoms with Gasteiger partial charge in [-0.2, -0.15) is 0 Å². The van der Waals surface area contributed by atoms with Gasteiger partial charge in [-0.15, -0.1) is 11.3 Å². The van der Waals surface area contributed by atoms with E-state index in [-0.39, 0.29) is 5.78 Å². The van der Waals surface area contributed by atoms with E-state index < -0.39 is 0 Å². The fourth-order valence-corrected chi connectivity index (χ4v) is 3.24. The van der Waals surface area contributed by atoms with E-state index >= 15 is 0 Å². The molecule has 0 N–H and O–H groups in total. The van der Waals surface area contributed by atoms with Gasteiger partial charge in [0.2, 0.25) is 0 Å². The van der Waals surface area contributed by atoms with E-state index in [9.17, 15) is 4.79 Å². The average molecular weight is 258 g/mol. The maximum Gasteiger partial charge on any atom is 0.163 e. The lowest BCUT2D eigenvalue weighted by Gasteiger charge is -2.29. The molecule has 0 bridgehead atoms. The van der Waals surface area contributed by atoms with Crippen molar-refractivity contribution in [3.05, 3.63) is 45.8 Å². The van der Waals surface area contributed by atoms with Crippen LogP contribution in [0.1, 0.15) is 27.7 Å². The molecule has 2 aromatic rings. The molecule has 4 heteroatoms. The molecule has 2 aromatic heterocycles. The first-order valence-corrected chi connectivity index (χ1v) is 6.90.